The van der Waals surface area contributed by atoms with E-state index in [1.165, 1.54) is 4.80 Å². The average Bonchev–Trinajstić information content (AvgIpc) is 2.84. The van der Waals surface area contributed by atoms with Crippen molar-refractivity contribution in [3.8, 4) is 0 Å². The molecule has 9 heteroatoms. The first-order chi connectivity index (χ1) is 10.0. The van der Waals surface area contributed by atoms with Crippen molar-refractivity contribution < 1.29 is 8.42 Å². The van der Waals surface area contributed by atoms with Crippen LogP contribution in [0, 0.1) is 0 Å². The minimum absolute atomic E-state index is 0.0498. The summed E-state index contributed by atoms with van der Waals surface area (Å²) in [5, 5.41) is 14.2. The number of nitrogens with one attached hydrogen (secondary N) is 2. The molecule has 1 heterocycles. The van der Waals surface area contributed by atoms with E-state index in [-0.39, 0.29) is 10.8 Å². The number of sulfonamides is 1. The lowest BCUT2D eigenvalue weighted by atomic mass is 10.2. The van der Waals surface area contributed by atoms with E-state index in [0.717, 1.165) is 18.5 Å². The predicted octanol–water partition coefficient (Wildman–Crippen LogP) is 0.510. The highest BCUT2D eigenvalue weighted by Crippen LogP contribution is 2.13. The molecule has 21 heavy (non-hydrogen) atoms. The van der Waals surface area contributed by atoms with Crippen LogP contribution >= 0.6 is 0 Å². The standard InChI is InChI=1S/C12H18N6O2S/c1-3-8-13-9-10-4-6-11(7-5-10)21(19,20)16-12-14-17-18(2)15-12/h4-7,13H,3,8-9H2,1-2H3,(H,15,16). The van der Waals surface area contributed by atoms with Gasteiger partial charge >= 0.3 is 0 Å². The van der Waals surface area contributed by atoms with Crippen LogP contribution in [-0.4, -0.2) is 35.2 Å². The Hall–Kier alpha value is -2.00. The number of benzene rings is 1. The minimum Gasteiger partial charge on any atom is -0.313 e. The van der Waals surface area contributed by atoms with Gasteiger partial charge in [0.1, 0.15) is 0 Å². The first-order valence-electron chi connectivity index (χ1n) is 6.58. The van der Waals surface area contributed by atoms with Gasteiger partial charge in [0.2, 0.25) is 0 Å². The number of hydrogen-bond acceptors (Lipinski definition) is 6. The zero-order valence-electron chi connectivity index (χ0n) is 11.9. The summed E-state index contributed by atoms with van der Waals surface area (Å²) < 4.78 is 26.6. The van der Waals surface area contributed by atoms with Crippen LogP contribution in [0.4, 0.5) is 5.95 Å². The van der Waals surface area contributed by atoms with Crippen LogP contribution in [0.3, 0.4) is 0 Å². The third-order valence-corrected chi connectivity index (χ3v) is 4.07. The van der Waals surface area contributed by atoms with Crippen molar-refractivity contribution in [3.05, 3.63) is 29.8 Å². The van der Waals surface area contributed by atoms with E-state index in [2.05, 4.69) is 32.4 Å². The molecular formula is C12H18N6O2S. The summed E-state index contributed by atoms with van der Waals surface area (Å²) in [6.07, 6.45) is 1.06. The summed E-state index contributed by atoms with van der Waals surface area (Å²) in [5.74, 6) is -0.0498. The molecular weight excluding hydrogens is 292 g/mol. The maximum Gasteiger partial charge on any atom is 0.277 e. The molecule has 0 amide bonds. The van der Waals surface area contributed by atoms with Gasteiger partial charge in [-0.05, 0) is 35.9 Å². The van der Waals surface area contributed by atoms with E-state index in [1.54, 1.807) is 31.3 Å². The molecule has 0 saturated carbocycles. The average molecular weight is 310 g/mol. The first-order valence-corrected chi connectivity index (χ1v) is 8.06. The molecule has 2 N–H and O–H groups in total. The normalized spacial score (nSPS) is 11.5. The van der Waals surface area contributed by atoms with Gasteiger partial charge in [-0.1, -0.05) is 24.2 Å². The second kappa shape index (κ2) is 6.64. The number of hydrogen-bond donors (Lipinski definition) is 2. The van der Waals surface area contributed by atoms with Crippen molar-refractivity contribution in [1.29, 1.82) is 0 Å². The molecule has 2 aromatic rings. The SMILES string of the molecule is CCCNCc1ccc(S(=O)(=O)Nc2nnn(C)n2)cc1. The molecule has 0 radical (unpaired) electrons. The number of aryl methyl sites for hydroxylation is 1. The fraction of sp³-hybridized carbons (Fsp3) is 0.417. The van der Waals surface area contributed by atoms with Crippen molar-refractivity contribution in [1.82, 2.24) is 25.5 Å². The third kappa shape index (κ3) is 4.23. The van der Waals surface area contributed by atoms with E-state index < -0.39 is 10.0 Å². The van der Waals surface area contributed by atoms with Crippen LogP contribution < -0.4 is 10.0 Å². The maximum absolute atomic E-state index is 12.1. The molecule has 0 unspecified atom stereocenters. The molecule has 0 fully saturated rings. The second-order valence-electron chi connectivity index (χ2n) is 4.53. The molecule has 1 aromatic heterocycles. The van der Waals surface area contributed by atoms with Crippen LogP contribution in [0.2, 0.25) is 0 Å². The van der Waals surface area contributed by atoms with E-state index >= 15 is 0 Å². The lowest BCUT2D eigenvalue weighted by molar-refractivity contribution is 0.600. The van der Waals surface area contributed by atoms with E-state index in [4.69, 9.17) is 0 Å². The monoisotopic (exact) mass is 310 g/mol. The number of rotatable bonds is 7. The largest absolute Gasteiger partial charge is 0.313 e. The van der Waals surface area contributed by atoms with Gasteiger partial charge < -0.3 is 5.32 Å². The summed E-state index contributed by atoms with van der Waals surface area (Å²) in [6, 6.07) is 6.67. The molecule has 114 valence electrons. The van der Waals surface area contributed by atoms with Gasteiger partial charge in [-0.3, -0.25) is 0 Å². The number of aromatic nitrogens is 4. The van der Waals surface area contributed by atoms with Crippen LogP contribution in [0.5, 0.6) is 0 Å². The molecule has 0 bridgehead atoms. The topological polar surface area (TPSA) is 102 Å². The van der Waals surface area contributed by atoms with Crippen LogP contribution in [0.15, 0.2) is 29.2 Å². The molecule has 0 saturated heterocycles. The predicted molar refractivity (Wildman–Crippen MR) is 78.0 cm³/mol. The van der Waals surface area contributed by atoms with Gasteiger partial charge in [0.05, 0.1) is 11.9 Å². The zero-order valence-corrected chi connectivity index (χ0v) is 12.8. The van der Waals surface area contributed by atoms with Gasteiger partial charge in [-0.2, -0.15) is 4.80 Å². The lowest BCUT2D eigenvalue weighted by Crippen LogP contribution is -2.15. The van der Waals surface area contributed by atoms with Gasteiger partial charge in [-0.15, -0.1) is 5.10 Å². The Labute approximate surface area is 123 Å². The quantitative estimate of drug-likeness (QED) is 0.723. The zero-order chi connectivity index (χ0) is 15.3. The highest BCUT2D eigenvalue weighted by molar-refractivity contribution is 7.92. The van der Waals surface area contributed by atoms with Crippen molar-refractivity contribution in [2.75, 3.05) is 11.3 Å². The van der Waals surface area contributed by atoms with Gasteiger partial charge in [0, 0.05) is 6.54 Å². The molecule has 0 atom stereocenters. The Morgan fingerprint density at radius 3 is 2.52 bits per heavy atom. The molecule has 0 spiro atoms. The summed E-state index contributed by atoms with van der Waals surface area (Å²) in [5.41, 5.74) is 1.03. The molecule has 0 aliphatic carbocycles. The number of nitrogens with zero attached hydrogens (tertiary/aromatic N) is 4. The minimum atomic E-state index is -3.69. The summed E-state index contributed by atoms with van der Waals surface area (Å²) in [4.78, 5) is 1.34. The smallest absolute Gasteiger partial charge is 0.277 e. The highest BCUT2D eigenvalue weighted by atomic mass is 32.2. The van der Waals surface area contributed by atoms with Gasteiger partial charge in [-0.25, -0.2) is 13.1 Å². The molecule has 0 aliphatic rings. The Kier molecular flexibility index (Phi) is 4.86. The second-order valence-corrected chi connectivity index (χ2v) is 6.21. The third-order valence-electron chi connectivity index (χ3n) is 2.72. The molecule has 2 rings (SSSR count). The van der Waals surface area contributed by atoms with Gasteiger partial charge in [0.25, 0.3) is 16.0 Å². The Balaban J connectivity index is 2.06. The van der Waals surface area contributed by atoms with E-state index in [1.807, 2.05) is 0 Å². The Bertz CT molecular complexity index is 680. The summed E-state index contributed by atoms with van der Waals surface area (Å²) in [7, 11) is -2.13. The maximum atomic E-state index is 12.1. The summed E-state index contributed by atoms with van der Waals surface area (Å²) >= 11 is 0. The number of anilines is 1. The van der Waals surface area contributed by atoms with Crippen LogP contribution in [0.1, 0.15) is 18.9 Å². The number of tetrazole rings is 1. The van der Waals surface area contributed by atoms with E-state index in [0.29, 0.717) is 6.54 Å². The van der Waals surface area contributed by atoms with Crippen LogP contribution in [-0.2, 0) is 23.6 Å². The van der Waals surface area contributed by atoms with Crippen molar-refractivity contribution in [2.24, 2.45) is 7.05 Å². The highest BCUT2D eigenvalue weighted by Gasteiger charge is 2.16. The van der Waals surface area contributed by atoms with Crippen molar-refractivity contribution >= 4 is 16.0 Å². The van der Waals surface area contributed by atoms with E-state index in [9.17, 15) is 8.42 Å². The molecule has 8 nitrogen and oxygen atoms in total. The lowest BCUT2D eigenvalue weighted by Gasteiger charge is -2.06. The molecule has 0 aliphatic heterocycles. The first kappa shape index (κ1) is 15.4. The Morgan fingerprint density at radius 1 is 1.24 bits per heavy atom. The van der Waals surface area contributed by atoms with Crippen molar-refractivity contribution in [3.63, 3.8) is 0 Å². The van der Waals surface area contributed by atoms with Gasteiger partial charge in [0.15, 0.2) is 0 Å². The Morgan fingerprint density at radius 2 is 1.95 bits per heavy atom. The fourth-order valence-corrected chi connectivity index (χ4v) is 2.63. The fourth-order valence-electron chi connectivity index (χ4n) is 1.70. The summed E-state index contributed by atoms with van der Waals surface area (Å²) in [6.45, 7) is 3.74. The van der Waals surface area contributed by atoms with Crippen LogP contribution in [0.25, 0.3) is 0 Å². The molecule has 1 aromatic carbocycles. The van der Waals surface area contributed by atoms with Crippen molar-refractivity contribution in [2.45, 2.75) is 24.8 Å².